The van der Waals surface area contributed by atoms with E-state index in [1.807, 2.05) is 4.68 Å². The highest BCUT2D eigenvalue weighted by molar-refractivity contribution is 5.51. The largest absolute Gasteiger partial charge is 0.424 e. The molecule has 4 rings (SSSR count). The molecule has 11 heteroatoms. The maximum absolute atomic E-state index is 13.5. The van der Waals surface area contributed by atoms with E-state index in [2.05, 4.69) is 9.97 Å². The Hall–Kier alpha value is -2.04. The number of fused-ring (bicyclic) bond motifs is 3. The molecule has 2 aromatic heterocycles. The zero-order valence-electron chi connectivity index (χ0n) is 15.4. The average Bonchev–Trinajstić information content (AvgIpc) is 3.18. The molecule has 3 heterocycles. The fraction of sp³-hybridized carbons (Fsp3) is 0.706. The second kappa shape index (κ2) is 5.98. The molecule has 2 aliphatic rings. The molecular formula is C17H21F5N5O+. The fourth-order valence-corrected chi connectivity index (χ4v) is 4.10. The molecular weight excluding hydrogens is 385 g/mol. The number of aromatic nitrogens is 5. The molecule has 0 unspecified atom stereocenters. The Balaban J connectivity index is 1.73. The topological polar surface area (TPSA) is 59.8 Å². The molecule has 1 saturated carbocycles. The Morgan fingerprint density at radius 3 is 2.46 bits per heavy atom. The predicted octanol–water partition coefficient (Wildman–Crippen LogP) is 3.13. The second-order valence-electron chi connectivity index (χ2n) is 7.87. The van der Waals surface area contributed by atoms with Crippen LogP contribution in [-0.2, 0) is 12.1 Å². The van der Waals surface area contributed by atoms with E-state index in [-0.39, 0.29) is 18.9 Å². The lowest BCUT2D eigenvalue weighted by molar-refractivity contribution is -0.801. The van der Waals surface area contributed by atoms with E-state index in [0.717, 1.165) is 0 Å². The summed E-state index contributed by atoms with van der Waals surface area (Å²) in [4.78, 5) is 8.17. The summed E-state index contributed by atoms with van der Waals surface area (Å²) in [6.45, 7) is 2.70. The normalized spacial score (nSPS) is 24.5. The van der Waals surface area contributed by atoms with Crippen LogP contribution in [0.1, 0.15) is 57.4 Å². The van der Waals surface area contributed by atoms with Crippen molar-refractivity contribution in [1.29, 1.82) is 0 Å². The molecule has 1 aliphatic carbocycles. The number of alkyl halides is 5. The van der Waals surface area contributed by atoms with Gasteiger partial charge in [0, 0.05) is 12.8 Å². The Kier molecular flexibility index (Phi) is 4.12. The summed E-state index contributed by atoms with van der Waals surface area (Å²) in [5, 5.41) is 10.1. The van der Waals surface area contributed by atoms with Gasteiger partial charge in [0.15, 0.2) is 5.82 Å². The summed E-state index contributed by atoms with van der Waals surface area (Å²) in [7, 11) is 0. The van der Waals surface area contributed by atoms with Gasteiger partial charge in [-0.2, -0.15) is 22.5 Å². The third-order valence-corrected chi connectivity index (χ3v) is 5.77. The number of nitrogens with zero attached hydrogens (tertiary/aromatic N) is 5. The SMILES string of the molecule is C[C@H]1Cn2c(nc[n+]2C2CCC(F)(F)CC2)-c2cnc([C@@](C)(O)C(F)(F)F)n21. The van der Waals surface area contributed by atoms with Gasteiger partial charge >= 0.3 is 18.3 Å². The van der Waals surface area contributed by atoms with Gasteiger partial charge < -0.3 is 9.67 Å². The van der Waals surface area contributed by atoms with Crippen molar-refractivity contribution in [3.8, 4) is 11.5 Å². The van der Waals surface area contributed by atoms with E-state index in [9.17, 15) is 27.1 Å². The molecule has 0 spiro atoms. The van der Waals surface area contributed by atoms with Gasteiger partial charge in [-0.05, 0) is 31.7 Å². The van der Waals surface area contributed by atoms with Crippen LogP contribution in [0.3, 0.4) is 0 Å². The first-order valence-electron chi connectivity index (χ1n) is 9.14. The minimum atomic E-state index is -4.88. The van der Waals surface area contributed by atoms with Crippen molar-refractivity contribution in [3.05, 3.63) is 18.3 Å². The van der Waals surface area contributed by atoms with Crippen molar-refractivity contribution in [3.63, 3.8) is 0 Å². The van der Waals surface area contributed by atoms with Crippen LogP contribution in [0.15, 0.2) is 12.5 Å². The van der Waals surface area contributed by atoms with Crippen LogP contribution in [0.25, 0.3) is 11.5 Å². The molecule has 1 aliphatic heterocycles. The van der Waals surface area contributed by atoms with E-state index < -0.39 is 29.6 Å². The Morgan fingerprint density at radius 2 is 1.86 bits per heavy atom. The molecule has 1 fully saturated rings. The first-order valence-corrected chi connectivity index (χ1v) is 9.14. The quantitative estimate of drug-likeness (QED) is 0.616. The highest BCUT2D eigenvalue weighted by Crippen LogP contribution is 2.42. The van der Waals surface area contributed by atoms with Crippen molar-refractivity contribution in [1.82, 2.24) is 19.2 Å². The van der Waals surface area contributed by atoms with Crippen molar-refractivity contribution >= 4 is 0 Å². The maximum Gasteiger partial charge on any atom is 0.424 e. The van der Waals surface area contributed by atoms with E-state index in [1.54, 1.807) is 17.9 Å². The van der Waals surface area contributed by atoms with Gasteiger partial charge in [0.1, 0.15) is 11.7 Å². The molecule has 0 saturated heterocycles. The van der Waals surface area contributed by atoms with Gasteiger partial charge in [-0.3, -0.25) is 0 Å². The Labute approximate surface area is 157 Å². The summed E-state index contributed by atoms with van der Waals surface area (Å²) in [6.07, 6.45) is -1.84. The summed E-state index contributed by atoms with van der Waals surface area (Å²) >= 11 is 0. The summed E-state index contributed by atoms with van der Waals surface area (Å²) in [5.41, 5.74) is -2.74. The first kappa shape index (κ1) is 19.3. The maximum atomic E-state index is 13.5. The lowest BCUT2D eigenvalue weighted by Crippen LogP contribution is -2.51. The molecule has 154 valence electrons. The van der Waals surface area contributed by atoms with Gasteiger partial charge in [0.05, 0.1) is 18.8 Å². The van der Waals surface area contributed by atoms with Crippen LogP contribution < -0.4 is 4.68 Å². The lowest BCUT2D eigenvalue weighted by atomic mass is 9.92. The van der Waals surface area contributed by atoms with Gasteiger partial charge in [0.25, 0.3) is 0 Å². The number of halogens is 5. The molecule has 0 aromatic carbocycles. The molecule has 28 heavy (non-hydrogen) atoms. The summed E-state index contributed by atoms with van der Waals surface area (Å²) < 4.78 is 71.8. The minimum Gasteiger partial charge on any atom is -0.374 e. The van der Waals surface area contributed by atoms with E-state index >= 15 is 0 Å². The van der Waals surface area contributed by atoms with Gasteiger partial charge in [0.2, 0.25) is 11.5 Å². The van der Waals surface area contributed by atoms with Crippen molar-refractivity contribution < 1.29 is 31.7 Å². The number of aliphatic hydroxyl groups is 1. The molecule has 1 N–H and O–H groups in total. The van der Waals surface area contributed by atoms with E-state index in [0.29, 0.717) is 37.8 Å². The van der Waals surface area contributed by atoms with Crippen LogP contribution in [-0.4, -0.2) is 36.4 Å². The third-order valence-electron chi connectivity index (χ3n) is 5.77. The molecule has 6 nitrogen and oxygen atoms in total. The molecule has 2 atom stereocenters. The van der Waals surface area contributed by atoms with Crippen LogP contribution in [0.5, 0.6) is 0 Å². The Bertz CT molecular complexity index is 890. The fourth-order valence-electron chi connectivity index (χ4n) is 4.10. The average molecular weight is 406 g/mol. The number of rotatable bonds is 2. The summed E-state index contributed by atoms with van der Waals surface area (Å²) in [6, 6.07) is -0.570. The standard InChI is InChI=1S/C17H21F5N5O/c1-10-8-25-13(24-9-26(25)11-3-5-16(18,19)6-4-11)12-7-23-14(27(10)12)15(2,28)17(20,21)22/h7,9-11,28H,3-6,8H2,1-2H3/q+1/t10-,15+/m0/s1. The zero-order chi connectivity index (χ0) is 20.5. The monoisotopic (exact) mass is 406 g/mol. The number of hydrogen-bond donors (Lipinski definition) is 1. The van der Waals surface area contributed by atoms with Gasteiger partial charge in [-0.15, -0.1) is 0 Å². The molecule has 2 aromatic rings. The second-order valence-corrected chi connectivity index (χ2v) is 7.87. The number of imidazole rings is 1. The Morgan fingerprint density at radius 1 is 1.21 bits per heavy atom. The molecule has 0 bridgehead atoms. The zero-order valence-corrected chi connectivity index (χ0v) is 15.4. The lowest BCUT2D eigenvalue weighted by Gasteiger charge is -2.31. The highest BCUT2D eigenvalue weighted by atomic mass is 19.4. The van der Waals surface area contributed by atoms with Crippen molar-refractivity contribution in [2.24, 2.45) is 0 Å². The van der Waals surface area contributed by atoms with Gasteiger partial charge in [-0.25, -0.2) is 13.8 Å². The van der Waals surface area contributed by atoms with Crippen LogP contribution in [0.4, 0.5) is 22.0 Å². The van der Waals surface area contributed by atoms with Crippen LogP contribution >= 0.6 is 0 Å². The highest BCUT2D eigenvalue weighted by Gasteiger charge is 2.55. The number of hydrogen-bond acceptors (Lipinski definition) is 3. The molecule has 0 amide bonds. The van der Waals surface area contributed by atoms with Crippen molar-refractivity contribution in [2.45, 2.75) is 75.9 Å². The van der Waals surface area contributed by atoms with Crippen molar-refractivity contribution in [2.75, 3.05) is 0 Å². The third kappa shape index (κ3) is 2.82. The van der Waals surface area contributed by atoms with Crippen LogP contribution in [0, 0.1) is 0 Å². The molecule has 0 radical (unpaired) electrons. The first-order chi connectivity index (χ1) is 12.9. The smallest absolute Gasteiger partial charge is 0.374 e. The van der Waals surface area contributed by atoms with E-state index in [1.165, 1.54) is 10.8 Å². The van der Waals surface area contributed by atoms with Gasteiger partial charge in [-0.1, -0.05) is 0 Å². The van der Waals surface area contributed by atoms with E-state index in [4.69, 9.17) is 0 Å². The predicted molar refractivity (Wildman–Crippen MR) is 86.4 cm³/mol. The summed E-state index contributed by atoms with van der Waals surface area (Å²) in [5.74, 6) is -2.72. The minimum absolute atomic E-state index is 0.139. The van der Waals surface area contributed by atoms with Crippen LogP contribution in [0.2, 0.25) is 0 Å².